The summed E-state index contributed by atoms with van der Waals surface area (Å²) in [5, 5.41) is 6.07. The molecule has 2 aromatic carbocycles. The average Bonchev–Trinajstić information content (AvgIpc) is 2.77. The molecule has 0 aromatic heterocycles. The van der Waals surface area contributed by atoms with Gasteiger partial charge in [0.2, 0.25) is 0 Å². The molecule has 0 spiro atoms. The third kappa shape index (κ3) is 5.46. The second-order valence-electron chi connectivity index (χ2n) is 8.48. The molecule has 2 N–H and O–H groups in total. The number of nitrogens with one attached hydrogen (secondary N) is 2. The van der Waals surface area contributed by atoms with E-state index in [9.17, 15) is 4.79 Å². The van der Waals surface area contributed by atoms with Crippen molar-refractivity contribution in [2.24, 2.45) is 0 Å². The molecule has 0 unspecified atom stereocenters. The third-order valence-electron chi connectivity index (χ3n) is 5.80. The van der Waals surface area contributed by atoms with Crippen molar-refractivity contribution in [2.75, 3.05) is 27.9 Å². The van der Waals surface area contributed by atoms with Crippen molar-refractivity contribution in [3.05, 3.63) is 53.1 Å². The third-order valence-corrected chi connectivity index (χ3v) is 5.80. The van der Waals surface area contributed by atoms with Crippen LogP contribution in [0.3, 0.4) is 0 Å². The molecule has 0 aliphatic carbocycles. The summed E-state index contributed by atoms with van der Waals surface area (Å²) in [6, 6.07) is 12.0. The number of fused-ring (bicyclic) bond motifs is 1. The standard InChI is InChI=1S/C25H35N3O4/c1-16(2)26-25(29)27-17(3)24-21-14-23(32-6)22(31-5)13-19(21)10-11-28(24)15-18-8-7-9-20(12-18)30-4/h7-9,12-14,16-17,24H,10-11,15H2,1-6H3,(H2,26,27,29)/t17-,24+/m0/s1. The van der Waals surface area contributed by atoms with Gasteiger partial charge < -0.3 is 24.8 Å². The average molecular weight is 442 g/mol. The minimum Gasteiger partial charge on any atom is -0.497 e. The minimum atomic E-state index is -0.165. The van der Waals surface area contributed by atoms with Gasteiger partial charge in [-0.2, -0.15) is 0 Å². The van der Waals surface area contributed by atoms with Gasteiger partial charge in [0.1, 0.15) is 5.75 Å². The lowest BCUT2D eigenvalue weighted by molar-refractivity contribution is 0.143. The van der Waals surface area contributed by atoms with E-state index in [4.69, 9.17) is 14.2 Å². The Kier molecular flexibility index (Phi) is 7.85. The SMILES string of the molecule is COc1cccc(CN2CCc3cc(OC)c(OC)cc3[C@H]2[C@H](C)NC(=O)NC(C)C)c1. The van der Waals surface area contributed by atoms with Crippen LogP contribution in [0.2, 0.25) is 0 Å². The fourth-order valence-corrected chi connectivity index (χ4v) is 4.39. The van der Waals surface area contributed by atoms with Crippen LogP contribution in [0.15, 0.2) is 36.4 Å². The van der Waals surface area contributed by atoms with E-state index in [0.717, 1.165) is 42.1 Å². The highest BCUT2D eigenvalue weighted by molar-refractivity contribution is 5.74. The number of urea groups is 1. The van der Waals surface area contributed by atoms with Crippen LogP contribution in [0.1, 0.15) is 43.5 Å². The van der Waals surface area contributed by atoms with E-state index < -0.39 is 0 Å². The van der Waals surface area contributed by atoms with Gasteiger partial charge in [-0.15, -0.1) is 0 Å². The van der Waals surface area contributed by atoms with E-state index in [1.165, 1.54) is 5.56 Å². The number of nitrogens with zero attached hydrogens (tertiary/aromatic N) is 1. The Morgan fingerprint density at radius 1 is 1.03 bits per heavy atom. The van der Waals surface area contributed by atoms with Gasteiger partial charge >= 0.3 is 6.03 Å². The van der Waals surface area contributed by atoms with Crippen molar-refractivity contribution >= 4 is 6.03 Å². The monoisotopic (exact) mass is 441 g/mol. The lowest BCUT2D eigenvalue weighted by atomic mass is 9.87. The Balaban J connectivity index is 1.96. The van der Waals surface area contributed by atoms with Gasteiger partial charge in [-0.25, -0.2) is 4.79 Å². The van der Waals surface area contributed by atoms with Crippen LogP contribution in [0.25, 0.3) is 0 Å². The number of benzene rings is 2. The summed E-state index contributed by atoms with van der Waals surface area (Å²) in [4.78, 5) is 14.9. The maximum atomic E-state index is 12.5. The van der Waals surface area contributed by atoms with Crippen LogP contribution in [-0.4, -0.2) is 50.9 Å². The smallest absolute Gasteiger partial charge is 0.315 e. The maximum absolute atomic E-state index is 12.5. The van der Waals surface area contributed by atoms with Crippen molar-refractivity contribution in [1.82, 2.24) is 15.5 Å². The molecule has 7 heteroatoms. The number of hydrogen-bond acceptors (Lipinski definition) is 5. The fraction of sp³-hybridized carbons (Fsp3) is 0.480. The van der Waals surface area contributed by atoms with Crippen LogP contribution in [0, 0.1) is 0 Å². The molecule has 0 saturated carbocycles. The van der Waals surface area contributed by atoms with Crippen LogP contribution < -0.4 is 24.8 Å². The molecule has 2 atom stereocenters. The highest BCUT2D eigenvalue weighted by Crippen LogP contribution is 2.40. The molecular weight excluding hydrogens is 406 g/mol. The molecule has 0 bridgehead atoms. The molecule has 2 aromatic rings. The lowest BCUT2D eigenvalue weighted by Crippen LogP contribution is -2.50. The summed E-state index contributed by atoms with van der Waals surface area (Å²) in [7, 11) is 4.98. The molecule has 7 nitrogen and oxygen atoms in total. The number of rotatable bonds is 8. The molecular formula is C25H35N3O4. The van der Waals surface area contributed by atoms with Gasteiger partial charge in [-0.05, 0) is 68.1 Å². The second-order valence-corrected chi connectivity index (χ2v) is 8.48. The van der Waals surface area contributed by atoms with E-state index >= 15 is 0 Å². The molecule has 1 aliphatic rings. The molecule has 0 saturated heterocycles. The molecule has 32 heavy (non-hydrogen) atoms. The fourth-order valence-electron chi connectivity index (χ4n) is 4.39. The Bertz CT molecular complexity index is 931. The van der Waals surface area contributed by atoms with Crippen LogP contribution >= 0.6 is 0 Å². The predicted molar refractivity (Wildman–Crippen MR) is 126 cm³/mol. The van der Waals surface area contributed by atoms with Gasteiger partial charge in [0, 0.05) is 25.2 Å². The van der Waals surface area contributed by atoms with Crippen molar-refractivity contribution in [1.29, 1.82) is 0 Å². The van der Waals surface area contributed by atoms with Crippen molar-refractivity contribution in [3.8, 4) is 17.2 Å². The number of carbonyl (C=O) groups excluding carboxylic acids is 1. The molecule has 174 valence electrons. The molecule has 0 fully saturated rings. The summed E-state index contributed by atoms with van der Waals surface area (Å²) in [6.45, 7) is 7.56. The highest BCUT2D eigenvalue weighted by Gasteiger charge is 2.34. The normalized spacial score (nSPS) is 16.8. The number of hydrogen-bond donors (Lipinski definition) is 2. The second kappa shape index (κ2) is 10.6. The Morgan fingerprint density at radius 3 is 2.41 bits per heavy atom. The van der Waals surface area contributed by atoms with Crippen LogP contribution in [0.5, 0.6) is 17.2 Å². The van der Waals surface area contributed by atoms with Crippen LogP contribution in [0.4, 0.5) is 4.79 Å². The molecule has 0 radical (unpaired) electrons. The number of methoxy groups -OCH3 is 3. The Morgan fingerprint density at radius 2 is 1.75 bits per heavy atom. The maximum Gasteiger partial charge on any atom is 0.315 e. The molecule has 1 heterocycles. The van der Waals surface area contributed by atoms with Gasteiger partial charge in [0.15, 0.2) is 11.5 Å². The van der Waals surface area contributed by atoms with E-state index in [2.05, 4.69) is 46.7 Å². The van der Waals surface area contributed by atoms with Crippen LogP contribution in [-0.2, 0) is 13.0 Å². The van der Waals surface area contributed by atoms with Crippen molar-refractivity contribution in [2.45, 2.75) is 51.9 Å². The van der Waals surface area contributed by atoms with E-state index in [1.54, 1.807) is 21.3 Å². The highest BCUT2D eigenvalue weighted by atomic mass is 16.5. The minimum absolute atomic E-state index is 0.0253. The zero-order chi connectivity index (χ0) is 23.3. The number of amides is 2. The summed E-state index contributed by atoms with van der Waals surface area (Å²) in [5.74, 6) is 2.26. The summed E-state index contributed by atoms with van der Waals surface area (Å²) < 4.78 is 16.5. The molecule has 1 aliphatic heterocycles. The zero-order valence-corrected chi connectivity index (χ0v) is 19.9. The molecule has 2 amide bonds. The first-order chi connectivity index (χ1) is 15.4. The summed E-state index contributed by atoms with van der Waals surface area (Å²) in [6.07, 6.45) is 0.890. The largest absolute Gasteiger partial charge is 0.497 e. The zero-order valence-electron chi connectivity index (χ0n) is 19.9. The molecule has 3 rings (SSSR count). The first-order valence-corrected chi connectivity index (χ1v) is 11.0. The number of carbonyl (C=O) groups is 1. The quantitative estimate of drug-likeness (QED) is 0.650. The van der Waals surface area contributed by atoms with E-state index in [1.807, 2.05) is 26.0 Å². The van der Waals surface area contributed by atoms with Gasteiger partial charge in [0.05, 0.1) is 27.4 Å². The van der Waals surface area contributed by atoms with Gasteiger partial charge in [0.25, 0.3) is 0 Å². The van der Waals surface area contributed by atoms with E-state index in [-0.39, 0.29) is 24.2 Å². The van der Waals surface area contributed by atoms with Crippen molar-refractivity contribution < 1.29 is 19.0 Å². The lowest BCUT2D eigenvalue weighted by Gasteiger charge is -2.41. The van der Waals surface area contributed by atoms with Crippen molar-refractivity contribution in [3.63, 3.8) is 0 Å². The Hall–Kier alpha value is -2.93. The Labute approximate surface area is 191 Å². The first-order valence-electron chi connectivity index (χ1n) is 11.0. The topological polar surface area (TPSA) is 72.1 Å². The van der Waals surface area contributed by atoms with E-state index in [0.29, 0.717) is 5.75 Å². The van der Waals surface area contributed by atoms with Gasteiger partial charge in [-0.3, -0.25) is 4.90 Å². The number of ether oxygens (including phenoxy) is 3. The summed E-state index contributed by atoms with van der Waals surface area (Å²) >= 11 is 0. The van der Waals surface area contributed by atoms with Gasteiger partial charge in [-0.1, -0.05) is 12.1 Å². The summed E-state index contributed by atoms with van der Waals surface area (Å²) in [5.41, 5.74) is 3.53. The first kappa shape index (κ1) is 23.7. The predicted octanol–water partition coefficient (Wildman–Crippen LogP) is 3.91.